The molecule has 0 fully saturated rings. The summed E-state index contributed by atoms with van der Waals surface area (Å²) in [6.07, 6.45) is 1.18. The Morgan fingerprint density at radius 1 is 1.05 bits per heavy atom. The molecule has 0 saturated carbocycles. The lowest BCUT2D eigenvalue weighted by atomic mass is 9.88. The number of halogens is 3. The summed E-state index contributed by atoms with van der Waals surface area (Å²) < 4.78 is 58.9. The molecular formula is C27H24F3N3O6. The first kappa shape index (κ1) is 26.1. The van der Waals surface area contributed by atoms with Crippen LogP contribution in [0.25, 0.3) is 0 Å². The third-order valence-corrected chi connectivity index (χ3v) is 6.94. The van der Waals surface area contributed by atoms with Gasteiger partial charge >= 0.3 is 6.16 Å². The van der Waals surface area contributed by atoms with Crippen LogP contribution in [0.3, 0.4) is 0 Å². The maximum absolute atomic E-state index is 14.7. The van der Waals surface area contributed by atoms with Crippen molar-refractivity contribution in [2.75, 3.05) is 26.0 Å². The van der Waals surface area contributed by atoms with Crippen molar-refractivity contribution >= 4 is 12.1 Å². The van der Waals surface area contributed by atoms with Crippen molar-refractivity contribution < 1.29 is 37.0 Å². The molecule has 9 nitrogen and oxygen atoms in total. The molecule has 39 heavy (non-hydrogen) atoms. The highest BCUT2D eigenvalue weighted by Crippen LogP contribution is 2.39. The van der Waals surface area contributed by atoms with E-state index in [1.807, 2.05) is 0 Å². The third-order valence-electron chi connectivity index (χ3n) is 6.94. The van der Waals surface area contributed by atoms with Crippen LogP contribution in [0.2, 0.25) is 0 Å². The van der Waals surface area contributed by atoms with Gasteiger partial charge in [-0.25, -0.2) is 18.0 Å². The average molecular weight is 543 g/mol. The molecule has 0 N–H and O–H groups in total. The average Bonchev–Trinajstić information content (AvgIpc) is 2.91. The molecule has 1 aromatic heterocycles. The standard InChI is InChI=1S/C27H24F3N3O6/c1-31-22-5-3-4-16-12-19(29)20(30)13-18(16)23(15-6-8-17(28)9-7-15)33(22)32-11-10-21(34)25(24(32)26(31)35)38-14-39-27(36)37-2/h6-13,22-23H,3-5,14H2,1-2H3. The van der Waals surface area contributed by atoms with Gasteiger partial charge in [-0.05, 0) is 60.2 Å². The third kappa shape index (κ3) is 4.66. The first-order valence-electron chi connectivity index (χ1n) is 12.1. The number of benzene rings is 2. The van der Waals surface area contributed by atoms with E-state index in [4.69, 9.17) is 9.47 Å². The van der Waals surface area contributed by atoms with E-state index in [0.717, 1.165) is 19.2 Å². The molecule has 0 aliphatic carbocycles. The van der Waals surface area contributed by atoms with Gasteiger partial charge in [-0.2, -0.15) is 0 Å². The number of hydrogen-bond acceptors (Lipinski definition) is 7. The number of rotatable bonds is 4. The maximum atomic E-state index is 14.7. The highest BCUT2D eigenvalue weighted by Gasteiger charge is 2.43. The van der Waals surface area contributed by atoms with E-state index in [1.54, 1.807) is 12.1 Å². The number of nitrogens with zero attached hydrogens (tertiary/aromatic N) is 3. The van der Waals surface area contributed by atoms with Crippen molar-refractivity contribution in [2.45, 2.75) is 31.5 Å². The Hall–Kier alpha value is -4.48. The molecule has 2 atom stereocenters. The van der Waals surface area contributed by atoms with Crippen molar-refractivity contribution in [1.29, 1.82) is 0 Å². The normalized spacial score (nSPS) is 18.3. The second kappa shape index (κ2) is 10.4. The number of carbonyl (C=O) groups excluding carboxylic acids is 2. The lowest BCUT2D eigenvalue weighted by molar-refractivity contribution is 0.0131. The van der Waals surface area contributed by atoms with Gasteiger partial charge in [0.15, 0.2) is 17.3 Å². The van der Waals surface area contributed by atoms with Crippen LogP contribution in [0, 0.1) is 17.5 Å². The minimum absolute atomic E-state index is 0.161. The molecule has 0 spiro atoms. The van der Waals surface area contributed by atoms with Gasteiger partial charge in [0.05, 0.1) is 13.2 Å². The van der Waals surface area contributed by atoms with Crippen LogP contribution < -0.4 is 15.2 Å². The predicted molar refractivity (Wildman–Crippen MR) is 131 cm³/mol. The largest absolute Gasteiger partial charge is 0.510 e. The zero-order chi connectivity index (χ0) is 27.8. The quantitative estimate of drug-likeness (QED) is 0.365. The Morgan fingerprint density at radius 2 is 1.77 bits per heavy atom. The number of hydrogen-bond donors (Lipinski definition) is 0. The number of aromatic nitrogens is 1. The highest BCUT2D eigenvalue weighted by atomic mass is 19.2. The van der Waals surface area contributed by atoms with Crippen LogP contribution in [-0.4, -0.2) is 48.8 Å². The van der Waals surface area contributed by atoms with Crippen molar-refractivity contribution in [3.05, 3.63) is 98.7 Å². The summed E-state index contributed by atoms with van der Waals surface area (Å²) in [4.78, 5) is 39.2. The number of pyridine rings is 1. The fraction of sp³-hybridized carbons (Fsp3) is 0.296. The molecule has 5 rings (SSSR count). The molecule has 0 bridgehead atoms. The van der Waals surface area contributed by atoms with Crippen LogP contribution in [0.4, 0.5) is 18.0 Å². The number of aryl methyl sites for hydroxylation is 1. The summed E-state index contributed by atoms with van der Waals surface area (Å²) in [6, 6.07) is 8.20. The Morgan fingerprint density at radius 3 is 2.49 bits per heavy atom. The van der Waals surface area contributed by atoms with Gasteiger partial charge in [0, 0.05) is 19.3 Å². The molecule has 2 aliphatic rings. The van der Waals surface area contributed by atoms with Crippen LogP contribution in [0.15, 0.2) is 53.5 Å². The first-order valence-corrected chi connectivity index (χ1v) is 12.1. The van der Waals surface area contributed by atoms with Crippen molar-refractivity contribution in [2.24, 2.45) is 0 Å². The molecular weight excluding hydrogens is 519 g/mol. The summed E-state index contributed by atoms with van der Waals surface area (Å²) >= 11 is 0. The van der Waals surface area contributed by atoms with Crippen LogP contribution in [-0.2, 0) is 15.9 Å². The van der Waals surface area contributed by atoms with Gasteiger partial charge in [0.2, 0.25) is 18.0 Å². The second-order valence-corrected chi connectivity index (χ2v) is 9.15. The van der Waals surface area contributed by atoms with Gasteiger partial charge in [-0.15, -0.1) is 0 Å². The van der Waals surface area contributed by atoms with Gasteiger partial charge in [0.1, 0.15) is 12.0 Å². The molecule has 1 amide bonds. The molecule has 0 saturated heterocycles. The van der Waals surface area contributed by atoms with E-state index in [1.165, 1.54) is 46.1 Å². The Bertz CT molecular complexity index is 1490. The fourth-order valence-electron chi connectivity index (χ4n) is 5.15. The van der Waals surface area contributed by atoms with Gasteiger partial charge in [-0.3, -0.25) is 19.3 Å². The molecule has 0 radical (unpaired) electrons. The van der Waals surface area contributed by atoms with Crippen LogP contribution >= 0.6 is 0 Å². The van der Waals surface area contributed by atoms with Crippen LogP contribution in [0.1, 0.15) is 46.1 Å². The molecule has 204 valence electrons. The number of carbonyl (C=O) groups is 2. The lowest BCUT2D eigenvalue weighted by Crippen LogP contribution is -2.61. The monoisotopic (exact) mass is 543 g/mol. The number of ether oxygens (including phenoxy) is 3. The first-order chi connectivity index (χ1) is 18.7. The minimum atomic E-state index is -1.05. The van der Waals surface area contributed by atoms with Gasteiger partial charge in [-0.1, -0.05) is 12.1 Å². The second-order valence-electron chi connectivity index (χ2n) is 9.15. The molecule has 2 unspecified atom stereocenters. The highest BCUT2D eigenvalue weighted by molar-refractivity contribution is 5.96. The summed E-state index contributed by atoms with van der Waals surface area (Å²) in [5.41, 5.74) is 0.723. The molecule has 2 aliphatic heterocycles. The van der Waals surface area contributed by atoms with E-state index in [2.05, 4.69) is 4.74 Å². The summed E-state index contributed by atoms with van der Waals surface area (Å²) in [5.74, 6) is -3.43. The molecule has 12 heteroatoms. The molecule has 3 heterocycles. The number of amides is 1. The zero-order valence-electron chi connectivity index (χ0n) is 21.0. The van der Waals surface area contributed by atoms with Gasteiger partial charge < -0.3 is 19.1 Å². The Kier molecular flexibility index (Phi) is 6.94. The van der Waals surface area contributed by atoms with Gasteiger partial charge in [0.25, 0.3) is 5.91 Å². The Labute approximate surface area is 220 Å². The van der Waals surface area contributed by atoms with E-state index in [-0.39, 0.29) is 11.4 Å². The number of fused-ring (bicyclic) bond motifs is 4. The zero-order valence-corrected chi connectivity index (χ0v) is 21.0. The van der Waals surface area contributed by atoms with E-state index >= 15 is 0 Å². The predicted octanol–water partition coefficient (Wildman–Crippen LogP) is 3.86. The summed E-state index contributed by atoms with van der Waals surface area (Å²) in [6.45, 7) is -0.700. The summed E-state index contributed by atoms with van der Waals surface area (Å²) in [5, 5.41) is 1.76. The molecule has 3 aromatic rings. The maximum Gasteiger partial charge on any atom is 0.510 e. The van der Waals surface area contributed by atoms with E-state index in [0.29, 0.717) is 36.0 Å². The topological polar surface area (TPSA) is 90.3 Å². The Balaban J connectivity index is 1.73. The number of methoxy groups -OCH3 is 1. The van der Waals surface area contributed by atoms with E-state index < -0.39 is 53.9 Å². The summed E-state index contributed by atoms with van der Waals surface area (Å²) in [7, 11) is 2.66. The molecule has 2 aromatic carbocycles. The lowest BCUT2D eigenvalue weighted by Gasteiger charge is -2.50. The minimum Gasteiger partial charge on any atom is -0.451 e. The van der Waals surface area contributed by atoms with Crippen LogP contribution in [0.5, 0.6) is 5.75 Å². The smallest absolute Gasteiger partial charge is 0.451 e. The van der Waals surface area contributed by atoms with E-state index in [9.17, 15) is 27.6 Å². The SMILES string of the molecule is COC(=O)OCOc1c2n(ccc1=O)N1C(c3ccc(F)cc3)c3cc(F)c(F)cc3CCCC1N(C)C2=O. The fourth-order valence-corrected chi connectivity index (χ4v) is 5.15. The van der Waals surface area contributed by atoms with Crippen molar-refractivity contribution in [3.63, 3.8) is 0 Å². The van der Waals surface area contributed by atoms with Crippen molar-refractivity contribution in [1.82, 2.24) is 9.58 Å². The van der Waals surface area contributed by atoms with Crippen molar-refractivity contribution in [3.8, 4) is 5.75 Å².